The van der Waals surface area contributed by atoms with Gasteiger partial charge in [0.1, 0.15) is 17.9 Å². The molecule has 3 atom stereocenters. The second kappa shape index (κ2) is 4.96. The molecule has 2 heterocycles. The van der Waals surface area contributed by atoms with E-state index >= 15 is 0 Å². The first-order chi connectivity index (χ1) is 8.93. The molecule has 9 nitrogen and oxygen atoms in total. The minimum absolute atomic E-state index is 0.0102. The van der Waals surface area contributed by atoms with Gasteiger partial charge in [-0.1, -0.05) is 0 Å². The molecule has 0 amide bonds. The summed E-state index contributed by atoms with van der Waals surface area (Å²) in [5.41, 5.74) is -2.46. The number of aromatic carboxylic acids is 1. The van der Waals surface area contributed by atoms with Gasteiger partial charge >= 0.3 is 11.7 Å². The predicted octanol–water partition coefficient (Wildman–Crippen LogP) is -2.12. The number of ether oxygens (including phenoxy) is 1. The van der Waals surface area contributed by atoms with Crippen LogP contribution in [-0.2, 0) is 4.74 Å². The minimum Gasteiger partial charge on any atom is -0.477 e. The Balaban J connectivity index is 2.41. The van der Waals surface area contributed by atoms with E-state index in [9.17, 15) is 19.5 Å². The zero-order valence-electron chi connectivity index (χ0n) is 9.65. The molecule has 1 aromatic rings. The van der Waals surface area contributed by atoms with E-state index < -0.39 is 47.8 Å². The summed E-state index contributed by atoms with van der Waals surface area (Å²) in [6, 6.07) is 0. The minimum atomic E-state index is -1.48. The highest BCUT2D eigenvalue weighted by Gasteiger charge is 2.35. The quantitative estimate of drug-likeness (QED) is 0.492. The number of aliphatic hydroxyl groups excluding tert-OH is 2. The molecule has 104 valence electrons. The lowest BCUT2D eigenvalue weighted by molar-refractivity contribution is -0.0460. The van der Waals surface area contributed by atoms with Crippen molar-refractivity contribution in [3.8, 4) is 0 Å². The molecule has 2 rings (SSSR count). The number of hydrogen-bond donors (Lipinski definition) is 4. The van der Waals surface area contributed by atoms with E-state index in [-0.39, 0.29) is 6.42 Å². The van der Waals surface area contributed by atoms with Crippen LogP contribution in [0, 0.1) is 0 Å². The number of aromatic amines is 1. The first-order valence-electron chi connectivity index (χ1n) is 5.47. The van der Waals surface area contributed by atoms with Crippen molar-refractivity contribution < 1.29 is 24.9 Å². The highest BCUT2D eigenvalue weighted by Crippen LogP contribution is 2.27. The Morgan fingerprint density at radius 3 is 2.74 bits per heavy atom. The van der Waals surface area contributed by atoms with Crippen molar-refractivity contribution in [3.63, 3.8) is 0 Å². The summed E-state index contributed by atoms with van der Waals surface area (Å²) >= 11 is 0. The maximum Gasteiger partial charge on any atom is 0.342 e. The lowest BCUT2D eigenvalue weighted by Crippen LogP contribution is -2.35. The second-order valence-electron chi connectivity index (χ2n) is 4.13. The zero-order chi connectivity index (χ0) is 14.2. The fourth-order valence-electron chi connectivity index (χ4n) is 1.90. The van der Waals surface area contributed by atoms with Gasteiger partial charge in [0.05, 0.1) is 12.7 Å². The van der Waals surface area contributed by atoms with Crippen molar-refractivity contribution in [1.29, 1.82) is 0 Å². The molecule has 0 saturated carbocycles. The van der Waals surface area contributed by atoms with Crippen LogP contribution in [0.1, 0.15) is 23.0 Å². The van der Waals surface area contributed by atoms with Gasteiger partial charge in [-0.15, -0.1) is 0 Å². The third kappa shape index (κ3) is 2.43. The Bertz CT molecular complexity index is 605. The Morgan fingerprint density at radius 2 is 2.21 bits per heavy atom. The molecule has 1 saturated heterocycles. The average molecular weight is 272 g/mol. The van der Waals surface area contributed by atoms with Crippen molar-refractivity contribution in [2.45, 2.75) is 24.9 Å². The van der Waals surface area contributed by atoms with Gasteiger partial charge in [0, 0.05) is 12.6 Å². The van der Waals surface area contributed by atoms with E-state index in [0.29, 0.717) is 0 Å². The number of rotatable bonds is 3. The van der Waals surface area contributed by atoms with Crippen molar-refractivity contribution in [3.05, 3.63) is 32.6 Å². The first-order valence-corrected chi connectivity index (χ1v) is 5.47. The highest BCUT2D eigenvalue weighted by molar-refractivity contribution is 5.86. The van der Waals surface area contributed by atoms with Gasteiger partial charge in [0.15, 0.2) is 0 Å². The van der Waals surface area contributed by atoms with E-state index in [4.69, 9.17) is 14.9 Å². The van der Waals surface area contributed by atoms with Crippen LogP contribution < -0.4 is 11.2 Å². The number of hydrogen-bond acceptors (Lipinski definition) is 6. The van der Waals surface area contributed by atoms with Crippen LogP contribution in [0.25, 0.3) is 0 Å². The highest BCUT2D eigenvalue weighted by atomic mass is 16.5. The fourth-order valence-corrected chi connectivity index (χ4v) is 1.90. The van der Waals surface area contributed by atoms with E-state index in [1.54, 1.807) is 0 Å². The van der Waals surface area contributed by atoms with Crippen molar-refractivity contribution >= 4 is 5.97 Å². The summed E-state index contributed by atoms with van der Waals surface area (Å²) in [4.78, 5) is 35.5. The lowest BCUT2D eigenvalue weighted by atomic mass is 10.2. The zero-order valence-corrected chi connectivity index (χ0v) is 9.65. The molecule has 1 aromatic heterocycles. The van der Waals surface area contributed by atoms with Crippen molar-refractivity contribution in [2.75, 3.05) is 6.61 Å². The number of H-pyrrole nitrogens is 1. The number of nitrogens with one attached hydrogen (secondary N) is 1. The topological polar surface area (TPSA) is 142 Å². The molecule has 0 unspecified atom stereocenters. The normalized spacial score (nSPS) is 26.5. The molecule has 1 fully saturated rings. The molecule has 0 spiro atoms. The van der Waals surface area contributed by atoms with Gasteiger partial charge < -0.3 is 20.1 Å². The van der Waals surface area contributed by atoms with Crippen molar-refractivity contribution in [1.82, 2.24) is 9.55 Å². The Morgan fingerprint density at radius 1 is 1.53 bits per heavy atom. The van der Waals surface area contributed by atoms with E-state index in [2.05, 4.69) is 0 Å². The number of nitrogens with zero attached hydrogens (tertiary/aromatic N) is 1. The summed E-state index contributed by atoms with van der Waals surface area (Å²) in [6.07, 6.45) is -1.88. The van der Waals surface area contributed by atoms with Crippen molar-refractivity contribution in [2.24, 2.45) is 0 Å². The number of aliphatic hydroxyl groups is 2. The number of carbonyl (C=O) groups is 1. The maximum absolute atomic E-state index is 11.6. The van der Waals surface area contributed by atoms with E-state index in [1.165, 1.54) is 0 Å². The Hall–Kier alpha value is -1.97. The number of aromatic nitrogens is 2. The predicted molar refractivity (Wildman–Crippen MR) is 59.9 cm³/mol. The first kappa shape index (κ1) is 13.5. The largest absolute Gasteiger partial charge is 0.477 e. The van der Waals surface area contributed by atoms with Crippen LogP contribution in [0.3, 0.4) is 0 Å². The Kier molecular flexibility index (Phi) is 3.51. The fraction of sp³-hybridized carbons (Fsp3) is 0.500. The van der Waals surface area contributed by atoms with Gasteiger partial charge in [0.25, 0.3) is 5.56 Å². The molecule has 0 aromatic carbocycles. The number of carboxylic acid groups (broad SMARTS) is 1. The molecule has 0 aliphatic carbocycles. The average Bonchev–Trinajstić information content (AvgIpc) is 2.69. The van der Waals surface area contributed by atoms with Crippen LogP contribution >= 0.6 is 0 Å². The Labute approximate surface area is 105 Å². The third-order valence-corrected chi connectivity index (χ3v) is 2.89. The van der Waals surface area contributed by atoms with E-state index in [0.717, 1.165) is 10.8 Å². The number of carboxylic acids is 1. The molecule has 19 heavy (non-hydrogen) atoms. The van der Waals surface area contributed by atoms with Crippen LogP contribution in [0.2, 0.25) is 0 Å². The monoisotopic (exact) mass is 272 g/mol. The summed E-state index contributed by atoms with van der Waals surface area (Å²) in [6.45, 7) is -0.429. The molecule has 1 aliphatic heterocycles. The molecule has 0 bridgehead atoms. The van der Waals surface area contributed by atoms with Crippen LogP contribution in [0.5, 0.6) is 0 Å². The van der Waals surface area contributed by atoms with Crippen LogP contribution in [0.15, 0.2) is 15.8 Å². The van der Waals surface area contributed by atoms with Gasteiger partial charge in [-0.3, -0.25) is 14.3 Å². The second-order valence-corrected chi connectivity index (χ2v) is 4.13. The lowest BCUT2D eigenvalue weighted by Gasteiger charge is -2.14. The summed E-state index contributed by atoms with van der Waals surface area (Å²) in [5.74, 6) is -1.48. The summed E-state index contributed by atoms with van der Waals surface area (Å²) in [7, 11) is 0. The van der Waals surface area contributed by atoms with Crippen LogP contribution in [0.4, 0.5) is 0 Å². The SMILES string of the molecule is O=C(O)c1cn([C@H]2C[C@H](O)[C@@H](CO)O2)c(=O)[nH]c1=O. The standard InChI is InChI=1S/C10H12N2O7/c13-3-6-5(14)1-7(19-6)12-2-4(9(16)17)8(15)11-10(12)18/h2,5-7,13-14H,1,3H2,(H,16,17)(H,11,15,18)/t5-,6+,7+/m0/s1. The maximum atomic E-state index is 11.6. The summed E-state index contributed by atoms with van der Waals surface area (Å²) < 4.78 is 6.09. The molecular formula is C10H12N2O7. The third-order valence-electron chi connectivity index (χ3n) is 2.89. The molecule has 9 heteroatoms. The molecule has 0 radical (unpaired) electrons. The van der Waals surface area contributed by atoms with Gasteiger partial charge in [-0.2, -0.15) is 0 Å². The van der Waals surface area contributed by atoms with E-state index in [1.807, 2.05) is 4.98 Å². The van der Waals surface area contributed by atoms with Gasteiger partial charge in [-0.25, -0.2) is 9.59 Å². The molecular weight excluding hydrogens is 260 g/mol. The molecule has 1 aliphatic rings. The summed E-state index contributed by atoms with van der Waals surface area (Å²) in [5, 5.41) is 27.3. The molecule has 4 N–H and O–H groups in total. The smallest absolute Gasteiger partial charge is 0.342 e. The van der Waals surface area contributed by atoms with Crippen LogP contribution in [-0.4, -0.2) is 49.7 Å². The van der Waals surface area contributed by atoms with Gasteiger partial charge in [0.2, 0.25) is 0 Å². The van der Waals surface area contributed by atoms with Gasteiger partial charge in [-0.05, 0) is 0 Å².